The van der Waals surface area contributed by atoms with Crippen LogP contribution >= 0.6 is 0 Å². The van der Waals surface area contributed by atoms with Crippen LogP contribution in [0.1, 0.15) is 22.3 Å². The number of carbonyl (C=O) groups is 2. The Labute approximate surface area is 240 Å². The lowest BCUT2D eigenvalue weighted by atomic mass is 9.87. The number of likely N-dealkylation sites (tertiary alicyclic amines) is 1. The van der Waals surface area contributed by atoms with Gasteiger partial charge in [-0.25, -0.2) is 8.42 Å². The zero-order valence-corrected chi connectivity index (χ0v) is 23.2. The van der Waals surface area contributed by atoms with Crippen molar-refractivity contribution in [2.75, 3.05) is 32.6 Å². The molecule has 0 saturated carbocycles. The summed E-state index contributed by atoms with van der Waals surface area (Å²) in [5.41, 5.74) is 0.808. The van der Waals surface area contributed by atoms with Gasteiger partial charge in [-0.05, 0) is 66.1 Å². The Morgan fingerprint density at radius 1 is 0.976 bits per heavy atom. The highest BCUT2D eigenvalue weighted by molar-refractivity contribution is 7.90. The molecule has 0 radical (unpaired) electrons. The van der Waals surface area contributed by atoms with Crippen molar-refractivity contribution < 1.29 is 40.7 Å². The van der Waals surface area contributed by atoms with Gasteiger partial charge >= 0.3 is 6.18 Å². The van der Waals surface area contributed by atoms with Crippen LogP contribution in [0.4, 0.5) is 13.2 Å². The molecule has 1 atom stereocenters. The summed E-state index contributed by atoms with van der Waals surface area (Å²) in [6.45, 7) is -0.643. The lowest BCUT2D eigenvalue weighted by molar-refractivity contribution is -0.130. The Morgan fingerprint density at radius 2 is 1.55 bits per heavy atom. The summed E-state index contributed by atoms with van der Waals surface area (Å²) in [4.78, 5) is 27.7. The van der Waals surface area contributed by atoms with E-state index in [0.29, 0.717) is 17.1 Å². The second kappa shape index (κ2) is 12.1. The van der Waals surface area contributed by atoms with Crippen LogP contribution in [0.25, 0.3) is 11.1 Å². The second-order valence-corrected chi connectivity index (χ2v) is 11.5. The minimum absolute atomic E-state index is 0.0403. The summed E-state index contributed by atoms with van der Waals surface area (Å²) < 4.78 is 75.2. The maximum absolute atomic E-state index is 13.3. The average Bonchev–Trinajstić information content (AvgIpc) is 3.40. The van der Waals surface area contributed by atoms with E-state index in [0.717, 1.165) is 11.1 Å². The van der Waals surface area contributed by atoms with Crippen LogP contribution in [0, 0.1) is 16.7 Å². The van der Waals surface area contributed by atoms with Gasteiger partial charge in [0, 0.05) is 18.7 Å². The topological polar surface area (TPSA) is 126 Å². The predicted molar refractivity (Wildman–Crippen MR) is 146 cm³/mol. The molecule has 42 heavy (non-hydrogen) atoms. The molecule has 4 rings (SSSR count). The van der Waals surface area contributed by atoms with Gasteiger partial charge in [-0.3, -0.25) is 14.3 Å². The molecule has 2 amide bonds. The lowest BCUT2D eigenvalue weighted by Gasteiger charge is -2.28. The molecule has 1 heterocycles. The van der Waals surface area contributed by atoms with Crippen molar-refractivity contribution in [1.82, 2.24) is 9.62 Å². The molecule has 9 nitrogen and oxygen atoms in total. The van der Waals surface area contributed by atoms with Crippen LogP contribution in [-0.4, -0.2) is 63.9 Å². The molecule has 220 valence electrons. The van der Waals surface area contributed by atoms with Gasteiger partial charge < -0.3 is 14.4 Å². The van der Waals surface area contributed by atoms with Crippen molar-refractivity contribution in [2.45, 2.75) is 12.6 Å². The van der Waals surface area contributed by atoms with Crippen LogP contribution in [0.5, 0.6) is 11.5 Å². The van der Waals surface area contributed by atoms with Gasteiger partial charge in [-0.2, -0.15) is 18.4 Å². The third-order valence-electron chi connectivity index (χ3n) is 6.78. The molecule has 0 bridgehead atoms. The second-order valence-electron chi connectivity index (χ2n) is 9.79. The number of methoxy groups -OCH3 is 1. The van der Waals surface area contributed by atoms with Crippen molar-refractivity contribution in [2.24, 2.45) is 5.41 Å². The Kier molecular flexibility index (Phi) is 8.77. The molecule has 1 aliphatic heterocycles. The Bertz CT molecular complexity index is 1590. The van der Waals surface area contributed by atoms with Crippen LogP contribution in [-0.2, 0) is 14.8 Å². The Morgan fingerprint density at radius 3 is 2.10 bits per heavy atom. The first-order chi connectivity index (χ1) is 19.8. The molecular weight excluding hydrogens is 575 g/mol. The molecule has 0 spiro atoms. The first-order valence-corrected chi connectivity index (χ1v) is 14.3. The number of nitriles is 1. The maximum Gasteiger partial charge on any atom is 0.404 e. The van der Waals surface area contributed by atoms with E-state index in [1.165, 1.54) is 24.1 Å². The average molecular weight is 602 g/mol. The van der Waals surface area contributed by atoms with Gasteiger partial charge in [0.25, 0.3) is 5.91 Å². The number of carbonyl (C=O) groups excluding carboxylic acids is 2. The van der Waals surface area contributed by atoms with E-state index in [9.17, 15) is 31.2 Å². The van der Waals surface area contributed by atoms with E-state index < -0.39 is 45.8 Å². The SMILES string of the molecule is COc1ccc(C(=O)N2CCC(COc3ccc(-c4ccc(C#N)cc4)cc3)(C(=O)NS(=O)(=O)CC(F)(F)F)C2)cc1. The van der Waals surface area contributed by atoms with Crippen molar-refractivity contribution in [1.29, 1.82) is 5.26 Å². The van der Waals surface area contributed by atoms with Crippen molar-refractivity contribution >= 4 is 21.8 Å². The maximum atomic E-state index is 13.3. The van der Waals surface area contributed by atoms with Crippen molar-refractivity contribution in [3.63, 3.8) is 0 Å². The molecule has 1 saturated heterocycles. The highest BCUT2D eigenvalue weighted by Gasteiger charge is 2.49. The third-order valence-corrected chi connectivity index (χ3v) is 7.98. The highest BCUT2D eigenvalue weighted by Crippen LogP contribution is 2.34. The molecular formula is C29H26F3N3O6S. The Balaban J connectivity index is 1.53. The van der Waals surface area contributed by atoms with Crippen LogP contribution in [0.3, 0.4) is 0 Å². The number of hydrogen-bond donors (Lipinski definition) is 1. The summed E-state index contributed by atoms with van der Waals surface area (Å²) in [6.07, 6.45) is -5.11. The minimum atomic E-state index is -5.06. The van der Waals surface area contributed by atoms with Crippen molar-refractivity contribution in [3.8, 4) is 28.7 Å². The Hall–Kier alpha value is -4.57. The fourth-order valence-corrected chi connectivity index (χ4v) is 5.54. The summed E-state index contributed by atoms with van der Waals surface area (Å²) >= 11 is 0. The smallest absolute Gasteiger partial charge is 0.404 e. The van der Waals surface area contributed by atoms with E-state index >= 15 is 0 Å². The number of hydrogen-bond acceptors (Lipinski definition) is 7. The van der Waals surface area contributed by atoms with Gasteiger partial charge in [0.2, 0.25) is 15.9 Å². The first-order valence-electron chi connectivity index (χ1n) is 12.6. The minimum Gasteiger partial charge on any atom is -0.497 e. The van der Waals surface area contributed by atoms with Gasteiger partial charge in [0.05, 0.1) is 18.7 Å². The van der Waals surface area contributed by atoms with E-state index in [4.69, 9.17) is 14.7 Å². The van der Waals surface area contributed by atoms with Gasteiger partial charge in [-0.15, -0.1) is 0 Å². The van der Waals surface area contributed by atoms with Crippen LogP contribution < -0.4 is 14.2 Å². The van der Waals surface area contributed by atoms with E-state index in [-0.39, 0.29) is 25.1 Å². The molecule has 0 aromatic heterocycles. The van der Waals surface area contributed by atoms with Crippen molar-refractivity contribution in [3.05, 3.63) is 83.9 Å². The quantitative estimate of drug-likeness (QED) is 0.391. The zero-order valence-electron chi connectivity index (χ0n) is 22.3. The van der Waals surface area contributed by atoms with Gasteiger partial charge in [-0.1, -0.05) is 24.3 Å². The summed E-state index contributed by atoms with van der Waals surface area (Å²) in [7, 11) is -3.58. The first kappa shape index (κ1) is 30.4. The number of halogens is 3. The molecule has 3 aromatic carbocycles. The highest BCUT2D eigenvalue weighted by atomic mass is 32.2. The third kappa shape index (κ3) is 7.38. The molecule has 1 fully saturated rings. The number of sulfonamides is 1. The summed E-state index contributed by atoms with van der Waals surface area (Å²) in [6, 6.07) is 21.9. The monoisotopic (exact) mass is 601 g/mol. The van der Waals surface area contributed by atoms with Crippen LogP contribution in [0.15, 0.2) is 72.8 Å². The van der Waals surface area contributed by atoms with Gasteiger partial charge in [0.15, 0.2) is 5.75 Å². The molecule has 13 heteroatoms. The fourth-order valence-electron chi connectivity index (χ4n) is 4.53. The van der Waals surface area contributed by atoms with Gasteiger partial charge in [0.1, 0.15) is 23.5 Å². The van der Waals surface area contributed by atoms with E-state index in [2.05, 4.69) is 0 Å². The fraction of sp³-hybridized carbons (Fsp3) is 0.276. The number of nitrogens with zero attached hydrogens (tertiary/aromatic N) is 2. The number of benzene rings is 3. The number of nitrogens with one attached hydrogen (secondary N) is 1. The number of alkyl halides is 3. The lowest BCUT2D eigenvalue weighted by Crippen LogP contribution is -2.50. The number of rotatable bonds is 9. The molecule has 3 aromatic rings. The van der Waals surface area contributed by atoms with Crippen LogP contribution in [0.2, 0.25) is 0 Å². The molecule has 0 aliphatic carbocycles. The van der Waals surface area contributed by atoms with E-state index in [1.807, 2.05) is 6.07 Å². The largest absolute Gasteiger partial charge is 0.497 e. The molecule has 1 N–H and O–H groups in total. The zero-order chi connectivity index (χ0) is 30.5. The number of ether oxygens (including phenoxy) is 2. The summed E-state index contributed by atoms with van der Waals surface area (Å²) in [5.74, 6) is -3.02. The van der Waals surface area contributed by atoms with E-state index in [1.54, 1.807) is 65.4 Å². The molecule has 1 aliphatic rings. The molecule has 1 unspecified atom stereocenters. The number of amides is 2. The standard InChI is InChI=1S/C29H26F3N3O6S/c1-40-24-10-8-23(9-11-24)26(36)35-15-14-28(17-35,27(37)34-42(38,39)19-29(30,31)32)18-41-25-12-6-22(7-13-25)21-4-2-20(16-33)3-5-21/h2-13H,14-15,17-19H2,1H3,(H,34,37). The summed E-state index contributed by atoms with van der Waals surface area (Å²) in [5, 5.41) is 8.98. The predicted octanol–water partition coefficient (Wildman–Crippen LogP) is 4.15. The normalized spacial score (nSPS) is 16.9.